The molecule has 2 saturated heterocycles. The average molecular weight is 479 g/mol. The average Bonchev–Trinajstić information content (AvgIpc) is 3.34. The van der Waals surface area contributed by atoms with Crippen molar-refractivity contribution in [3.05, 3.63) is 63.7 Å². The third kappa shape index (κ3) is 3.88. The third-order valence-corrected chi connectivity index (χ3v) is 7.77. The number of nitrogens with zero attached hydrogens (tertiary/aromatic N) is 4. The van der Waals surface area contributed by atoms with Crippen LogP contribution in [0.25, 0.3) is 21.7 Å². The molecule has 9 heteroatoms. The van der Waals surface area contributed by atoms with Crippen LogP contribution in [-0.4, -0.2) is 65.3 Å². The smallest absolute Gasteiger partial charge is 0.261 e. The first kappa shape index (κ1) is 21.7. The Morgan fingerprint density at radius 2 is 1.88 bits per heavy atom. The van der Waals surface area contributed by atoms with E-state index in [1.165, 1.54) is 0 Å². The molecule has 8 nitrogen and oxygen atoms in total. The van der Waals surface area contributed by atoms with Crippen LogP contribution in [0, 0.1) is 0 Å². The fourth-order valence-electron chi connectivity index (χ4n) is 4.93. The monoisotopic (exact) mass is 478 g/mol. The summed E-state index contributed by atoms with van der Waals surface area (Å²) < 4.78 is 12.4. The second-order valence-corrected chi connectivity index (χ2v) is 9.91. The number of thiazole rings is 1. The van der Waals surface area contributed by atoms with Crippen molar-refractivity contribution in [2.24, 2.45) is 0 Å². The van der Waals surface area contributed by atoms with Gasteiger partial charge in [-0.1, -0.05) is 24.3 Å². The number of ether oxygens (including phenoxy) is 2. The minimum atomic E-state index is -0.721. The van der Waals surface area contributed by atoms with E-state index in [1.807, 2.05) is 30.5 Å². The Balaban J connectivity index is 1.42. The number of rotatable bonds is 4. The molecule has 0 spiro atoms. The highest BCUT2D eigenvalue weighted by Gasteiger charge is 2.27. The van der Waals surface area contributed by atoms with Crippen LogP contribution in [-0.2, 0) is 15.9 Å². The number of aliphatic hydroxyl groups is 1. The van der Waals surface area contributed by atoms with Crippen LogP contribution >= 0.6 is 11.3 Å². The van der Waals surface area contributed by atoms with Gasteiger partial charge in [0.1, 0.15) is 0 Å². The van der Waals surface area contributed by atoms with Gasteiger partial charge in [0.15, 0.2) is 5.13 Å². The lowest BCUT2D eigenvalue weighted by Gasteiger charge is -2.29. The van der Waals surface area contributed by atoms with E-state index >= 15 is 0 Å². The molecule has 2 atom stereocenters. The molecule has 176 valence electrons. The molecule has 2 aromatic carbocycles. The molecule has 2 aliphatic rings. The number of benzene rings is 2. The van der Waals surface area contributed by atoms with E-state index in [2.05, 4.69) is 20.9 Å². The molecular weight excluding hydrogens is 452 g/mol. The molecule has 2 fully saturated rings. The highest BCUT2D eigenvalue weighted by Crippen LogP contribution is 2.31. The van der Waals surface area contributed by atoms with Crippen molar-refractivity contribution in [3.63, 3.8) is 0 Å². The van der Waals surface area contributed by atoms with Gasteiger partial charge in [0.2, 0.25) is 0 Å². The minimum absolute atomic E-state index is 0.124. The summed E-state index contributed by atoms with van der Waals surface area (Å²) in [5, 5.41) is 14.1. The van der Waals surface area contributed by atoms with Crippen molar-refractivity contribution in [1.82, 2.24) is 14.5 Å². The number of hydrogen-bond donors (Lipinski definition) is 1. The van der Waals surface area contributed by atoms with Gasteiger partial charge in [-0.3, -0.25) is 9.36 Å². The van der Waals surface area contributed by atoms with Crippen molar-refractivity contribution in [2.45, 2.75) is 25.0 Å². The number of aliphatic hydroxyl groups excluding tert-OH is 1. The molecule has 34 heavy (non-hydrogen) atoms. The molecule has 4 heterocycles. The lowest BCUT2D eigenvalue weighted by Crippen LogP contribution is -2.39. The lowest BCUT2D eigenvalue weighted by molar-refractivity contribution is -0.0395. The fourth-order valence-corrected chi connectivity index (χ4v) is 5.92. The molecule has 0 saturated carbocycles. The summed E-state index contributed by atoms with van der Waals surface area (Å²) in [4.78, 5) is 26.3. The van der Waals surface area contributed by atoms with Crippen LogP contribution < -0.4 is 10.5 Å². The summed E-state index contributed by atoms with van der Waals surface area (Å²) >= 11 is 1.69. The Bertz CT molecular complexity index is 1390. The predicted octanol–water partition coefficient (Wildman–Crippen LogP) is 2.76. The SMILES string of the molecule is O=c1c2cc(Cc3cnc(N4CCOCC4)s3)c3ccccc3c2ncn1[C@H]1CCOC[C@@H]1O. The van der Waals surface area contributed by atoms with Gasteiger partial charge in [-0.25, -0.2) is 9.97 Å². The first-order valence-corrected chi connectivity index (χ1v) is 12.5. The standard InChI is InChI=1S/C25H26N4O4S/c30-22-14-33-8-5-21(22)29-15-27-23-19-4-2-1-3-18(19)16(12-20(23)24(29)31)11-17-13-26-25(34-17)28-6-9-32-10-7-28/h1-4,12-13,15,21-22,30H,5-11,14H2/t21-,22-/m0/s1. The van der Waals surface area contributed by atoms with E-state index in [0.717, 1.165) is 52.6 Å². The molecular formula is C25H26N4O4S. The molecule has 0 unspecified atom stereocenters. The number of hydrogen-bond acceptors (Lipinski definition) is 8. The second-order valence-electron chi connectivity index (χ2n) is 8.82. The van der Waals surface area contributed by atoms with Gasteiger partial charge in [-0.05, 0) is 23.4 Å². The normalized spacial score (nSPS) is 21.4. The topological polar surface area (TPSA) is 89.7 Å². The maximum absolute atomic E-state index is 13.6. The second kappa shape index (κ2) is 9.07. The first-order chi connectivity index (χ1) is 16.7. The summed E-state index contributed by atoms with van der Waals surface area (Å²) in [5.74, 6) is 0. The van der Waals surface area contributed by atoms with Crippen LogP contribution in [0.1, 0.15) is 22.9 Å². The quantitative estimate of drug-likeness (QED) is 0.451. The van der Waals surface area contributed by atoms with Gasteiger partial charge < -0.3 is 19.5 Å². The Morgan fingerprint density at radius 1 is 1.06 bits per heavy atom. The minimum Gasteiger partial charge on any atom is -0.389 e. The summed E-state index contributed by atoms with van der Waals surface area (Å²) in [6, 6.07) is 9.75. The molecule has 0 radical (unpaired) electrons. The zero-order chi connectivity index (χ0) is 23.1. The van der Waals surface area contributed by atoms with Gasteiger partial charge in [-0.15, -0.1) is 11.3 Å². The molecule has 0 bridgehead atoms. The van der Waals surface area contributed by atoms with Crippen molar-refractivity contribution in [1.29, 1.82) is 0 Å². The molecule has 6 rings (SSSR count). The largest absolute Gasteiger partial charge is 0.389 e. The summed E-state index contributed by atoms with van der Waals surface area (Å²) in [6.07, 6.45) is 4.07. The van der Waals surface area contributed by atoms with Crippen molar-refractivity contribution >= 4 is 38.1 Å². The highest BCUT2D eigenvalue weighted by molar-refractivity contribution is 7.15. The number of morpholine rings is 1. The van der Waals surface area contributed by atoms with Gasteiger partial charge in [-0.2, -0.15) is 0 Å². The first-order valence-electron chi connectivity index (χ1n) is 11.6. The highest BCUT2D eigenvalue weighted by atomic mass is 32.1. The van der Waals surface area contributed by atoms with Crippen molar-refractivity contribution in [3.8, 4) is 0 Å². The molecule has 2 aromatic heterocycles. The number of anilines is 1. The van der Waals surface area contributed by atoms with Crippen LogP contribution in [0.15, 0.2) is 47.7 Å². The van der Waals surface area contributed by atoms with Crippen LogP contribution in [0.3, 0.4) is 0 Å². The van der Waals surface area contributed by atoms with E-state index in [0.29, 0.717) is 30.4 Å². The maximum atomic E-state index is 13.6. The molecule has 0 aliphatic carbocycles. The maximum Gasteiger partial charge on any atom is 0.261 e. The van der Waals surface area contributed by atoms with E-state index in [4.69, 9.17) is 9.47 Å². The summed E-state index contributed by atoms with van der Waals surface area (Å²) in [5.41, 5.74) is 1.64. The molecule has 1 N–H and O–H groups in total. The Hall–Kier alpha value is -2.85. The summed E-state index contributed by atoms with van der Waals surface area (Å²) in [7, 11) is 0. The van der Waals surface area contributed by atoms with Crippen LogP contribution in [0.4, 0.5) is 5.13 Å². The van der Waals surface area contributed by atoms with E-state index in [9.17, 15) is 9.90 Å². The number of aromatic nitrogens is 3. The fraction of sp³-hybridized carbons (Fsp3) is 0.400. The van der Waals surface area contributed by atoms with Gasteiger partial charge in [0.25, 0.3) is 5.56 Å². The van der Waals surface area contributed by atoms with Gasteiger partial charge >= 0.3 is 0 Å². The molecule has 2 aliphatic heterocycles. The van der Waals surface area contributed by atoms with Crippen LogP contribution in [0.5, 0.6) is 0 Å². The lowest BCUT2D eigenvalue weighted by atomic mass is 9.98. The Kier molecular flexibility index (Phi) is 5.78. The van der Waals surface area contributed by atoms with E-state index in [1.54, 1.807) is 22.2 Å². The summed E-state index contributed by atoms with van der Waals surface area (Å²) in [6.45, 7) is 3.92. The molecule has 4 aromatic rings. The Labute approximate surface area is 200 Å². The zero-order valence-corrected chi connectivity index (χ0v) is 19.5. The Morgan fingerprint density at radius 3 is 2.71 bits per heavy atom. The van der Waals surface area contributed by atoms with Crippen LogP contribution in [0.2, 0.25) is 0 Å². The van der Waals surface area contributed by atoms with Crippen molar-refractivity contribution < 1.29 is 14.6 Å². The van der Waals surface area contributed by atoms with E-state index in [-0.39, 0.29) is 18.2 Å². The van der Waals surface area contributed by atoms with E-state index < -0.39 is 6.10 Å². The van der Waals surface area contributed by atoms with Gasteiger partial charge in [0, 0.05) is 42.6 Å². The van der Waals surface area contributed by atoms with Gasteiger partial charge in [0.05, 0.1) is 49.2 Å². The molecule has 0 amide bonds. The zero-order valence-electron chi connectivity index (χ0n) is 18.7. The van der Waals surface area contributed by atoms with Crippen molar-refractivity contribution in [2.75, 3.05) is 44.4 Å². The number of fused-ring (bicyclic) bond motifs is 3. The third-order valence-electron chi connectivity index (χ3n) is 6.71. The predicted molar refractivity (Wildman–Crippen MR) is 132 cm³/mol.